The topological polar surface area (TPSA) is 30.5 Å². The molecule has 0 aromatic heterocycles. The van der Waals surface area contributed by atoms with Crippen LogP contribution in [0.3, 0.4) is 0 Å². The zero-order chi connectivity index (χ0) is 17.8. The number of hydrogen-bond donors (Lipinski definition) is 1. The molecule has 0 amide bonds. The quantitative estimate of drug-likeness (QED) is 0.542. The third kappa shape index (κ3) is 5.27. The van der Waals surface area contributed by atoms with Crippen molar-refractivity contribution in [2.45, 2.75) is 39.0 Å². The summed E-state index contributed by atoms with van der Waals surface area (Å²) in [6.07, 6.45) is 2.53. The van der Waals surface area contributed by atoms with Gasteiger partial charge in [0.05, 0.1) is 11.1 Å². The molecule has 0 aliphatic heterocycles. The predicted octanol–water partition coefficient (Wildman–Crippen LogP) is 5.99. The normalized spacial score (nSPS) is 13.8. The number of ether oxygens (including phenoxy) is 2. The summed E-state index contributed by atoms with van der Waals surface area (Å²) in [5, 5.41) is 4.71. The second kappa shape index (κ2) is 8.63. The van der Waals surface area contributed by atoms with Crippen molar-refractivity contribution < 1.29 is 9.47 Å². The fourth-order valence-corrected chi connectivity index (χ4v) is 3.53. The van der Waals surface area contributed by atoms with E-state index in [9.17, 15) is 0 Å². The van der Waals surface area contributed by atoms with E-state index in [0.717, 1.165) is 22.3 Å². The minimum Gasteiger partial charge on any atom is -0.490 e. The number of benzene rings is 2. The molecule has 0 heterocycles. The molecule has 2 aromatic carbocycles. The average molecular weight is 445 g/mol. The first-order valence-corrected chi connectivity index (χ1v) is 9.87. The number of hydrogen-bond acceptors (Lipinski definition) is 3. The maximum atomic E-state index is 6.22. The Hall–Kier alpha value is -0.940. The van der Waals surface area contributed by atoms with E-state index in [1.165, 1.54) is 18.4 Å². The molecular weight excluding hydrogens is 425 g/mol. The molecule has 1 saturated carbocycles. The smallest absolute Gasteiger partial charge is 0.175 e. The van der Waals surface area contributed by atoms with E-state index in [0.29, 0.717) is 35.1 Å². The minimum absolute atomic E-state index is 0.342. The molecule has 134 valence electrons. The molecular formula is C19H20BrCl2NO2. The molecule has 0 unspecified atom stereocenters. The Labute approximate surface area is 166 Å². The third-order valence-electron chi connectivity index (χ3n) is 3.93. The first-order chi connectivity index (χ1) is 12.1. The average Bonchev–Trinajstić information content (AvgIpc) is 3.38. The Bertz CT molecular complexity index is 750. The molecule has 2 aromatic rings. The number of rotatable bonds is 8. The van der Waals surface area contributed by atoms with Gasteiger partial charge in [-0.25, -0.2) is 0 Å². The Morgan fingerprint density at radius 2 is 1.96 bits per heavy atom. The highest BCUT2D eigenvalue weighted by atomic mass is 79.9. The highest BCUT2D eigenvalue weighted by molar-refractivity contribution is 9.10. The van der Waals surface area contributed by atoms with Crippen molar-refractivity contribution in [3.63, 3.8) is 0 Å². The van der Waals surface area contributed by atoms with Crippen LogP contribution in [0.5, 0.6) is 11.5 Å². The van der Waals surface area contributed by atoms with E-state index < -0.39 is 0 Å². The van der Waals surface area contributed by atoms with Crippen molar-refractivity contribution >= 4 is 39.1 Å². The monoisotopic (exact) mass is 443 g/mol. The van der Waals surface area contributed by atoms with E-state index in [-0.39, 0.29) is 0 Å². The van der Waals surface area contributed by atoms with Crippen molar-refractivity contribution in [1.82, 2.24) is 5.32 Å². The highest BCUT2D eigenvalue weighted by Gasteiger charge is 2.21. The molecule has 1 aliphatic carbocycles. The van der Waals surface area contributed by atoms with E-state index in [2.05, 4.69) is 27.3 Å². The molecule has 0 radical (unpaired) electrons. The molecule has 3 nitrogen and oxygen atoms in total. The van der Waals surface area contributed by atoms with Gasteiger partial charge >= 0.3 is 0 Å². The van der Waals surface area contributed by atoms with Gasteiger partial charge in [0.15, 0.2) is 11.5 Å². The fourth-order valence-electron chi connectivity index (χ4n) is 2.46. The standard InChI is InChI=1S/C19H20BrCl2NO2/c1-2-24-18-8-12(10-23-15-5-6-15)7-16(20)19(18)25-11-13-3-4-14(21)9-17(13)22/h3-4,7-9,15,23H,2,5-6,10-11H2,1H3. The van der Waals surface area contributed by atoms with Gasteiger partial charge in [0.2, 0.25) is 0 Å². The van der Waals surface area contributed by atoms with Crippen LogP contribution in [-0.2, 0) is 13.2 Å². The van der Waals surface area contributed by atoms with Gasteiger partial charge < -0.3 is 14.8 Å². The maximum absolute atomic E-state index is 6.22. The first kappa shape index (κ1) is 18.8. The van der Waals surface area contributed by atoms with Crippen LogP contribution in [0.15, 0.2) is 34.8 Å². The zero-order valence-electron chi connectivity index (χ0n) is 14.0. The van der Waals surface area contributed by atoms with Crippen LogP contribution in [0.25, 0.3) is 0 Å². The van der Waals surface area contributed by atoms with Crippen LogP contribution in [0.4, 0.5) is 0 Å². The highest BCUT2D eigenvalue weighted by Crippen LogP contribution is 2.38. The minimum atomic E-state index is 0.342. The summed E-state index contributed by atoms with van der Waals surface area (Å²) in [4.78, 5) is 0. The lowest BCUT2D eigenvalue weighted by Crippen LogP contribution is -2.15. The summed E-state index contributed by atoms with van der Waals surface area (Å²) >= 11 is 15.8. The fraction of sp³-hybridized carbons (Fsp3) is 0.368. The molecule has 0 saturated heterocycles. The van der Waals surface area contributed by atoms with Crippen molar-refractivity contribution in [2.75, 3.05) is 6.61 Å². The van der Waals surface area contributed by atoms with Crippen LogP contribution in [0.2, 0.25) is 10.0 Å². The first-order valence-electron chi connectivity index (χ1n) is 8.32. The number of halogens is 3. The zero-order valence-corrected chi connectivity index (χ0v) is 17.0. The Morgan fingerprint density at radius 3 is 2.64 bits per heavy atom. The summed E-state index contributed by atoms with van der Waals surface area (Å²) < 4.78 is 12.7. The SMILES string of the molecule is CCOc1cc(CNC2CC2)cc(Br)c1OCc1ccc(Cl)cc1Cl. The molecule has 1 N–H and O–H groups in total. The second-order valence-corrected chi connectivity index (χ2v) is 7.72. The van der Waals surface area contributed by atoms with E-state index in [1.54, 1.807) is 12.1 Å². The Morgan fingerprint density at radius 1 is 1.16 bits per heavy atom. The summed E-state index contributed by atoms with van der Waals surface area (Å²) in [5.74, 6) is 1.41. The second-order valence-electron chi connectivity index (χ2n) is 6.02. The van der Waals surface area contributed by atoms with Crippen molar-refractivity contribution in [3.05, 3.63) is 56.0 Å². The Balaban J connectivity index is 1.75. The van der Waals surface area contributed by atoms with Gasteiger partial charge in [-0.05, 0) is 65.5 Å². The van der Waals surface area contributed by atoms with E-state index >= 15 is 0 Å². The van der Waals surface area contributed by atoms with Gasteiger partial charge in [-0.1, -0.05) is 29.3 Å². The lowest BCUT2D eigenvalue weighted by molar-refractivity contribution is 0.267. The molecule has 1 fully saturated rings. The van der Waals surface area contributed by atoms with Gasteiger partial charge in [-0.15, -0.1) is 0 Å². The summed E-state index contributed by atoms with van der Waals surface area (Å²) in [6.45, 7) is 3.70. The summed E-state index contributed by atoms with van der Waals surface area (Å²) in [6, 6.07) is 10.1. The third-order valence-corrected chi connectivity index (χ3v) is 5.10. The van der Waals surface area contributed by atoms with Crippen LogP contribution < -0.4 is 14.8 Å². The Kier molecular flexibility index (Phi) is 6.50. The van der Waals surface area contributed by atoms with E-state index in [1.807, 2.05) is 19.1 Å². The molecule has 25 heavy (non-hydrogen) atoms. The molecule has 0 spiro atoms. The van der Waals surface area contributed by atoms with Crippen LogP contribution in [0.1, 0.15) is 30.9 Å². The van der Waals surface area contributed by atoms with Gasteiger partial charge in [0, 0.05) is 28.2 Å². The van der Waals surface area contributed by atoms with Gasteiger partial charge in [0.25, 0.3) is 0 Å². The van der Waals surface area contributed by atoms with E-state index in [4.69, 9.17) is 32.7 Å². The number of nitrogens with one attached hydrogen (secondary N) is 1. The molecule has 0 atom stereocenters. The van der Waals surface area contributed by atoms with Crippen molar-refractivity contribution in [1.29, 1.82) is 0 Å². The summed E-state index contributed by atoms with van der Waals surface area (Å²) in [5.41, 5.74) is 2.04. The maximum Gasteiger partial charge on any atom is 0.175 e. The van der Waals surface area contributed by atoms with Gasteiger partial charge in [-0.3, -0.25) is 0 Å². The van der Waals surface area contributed by atoms with Crippen LogP contribution >= 0.6 is 39.1 Å². The molecule has 1 aliphatic rings. The predicted molar refractivity (Wildman–Crippen MR) is 106 cm³/mol. The largest absolute Gasteiger partial charge is 0.490 e. The summed E-state index contributed by atoms with van der Waals surface area (Å²) in [7, 11) is 0. The molecule has 0 bridgehead atoms. The molecule has 6 heteroatoms. The van der Waals surface area contributed by atoms with Crippen LogP contribution in [0, 0.1) is 0 Å². The van der Waals surface area contributed by atoms with Gasteiger partial charge in [0.1, 0.15) is 6.61 Å². The lowest BCUT2D eigenvalue weighted by atomic mass is 10.2. The van der Waals surface area contributed by atoms with Gasteiger partial charge in [-0.2, -0.15) is 0 Å². The molecule has 3 rings (SSSR count). The lowest BCUT2D eigenvalue weighted by Gasteiger charge is -2.16. The van der Waals surface area contributed by atoms with Crippen molar-refractivity contribution in [2.24, 2.45) is 0 Å². The van der Waals surface area contributed by atoms with Crippen LogP contribution in [-0.4, -0.2) is 12.6 Å². The van der Waals surface area contributed by atoms with Crippen molar-refractivity contribution in [3.8, 4) is 11.5 Å².